The van der Waals surface area contributed by atoms with Gasteiger partial charge in [0.1, 0.15) is 5.82 Å². The molecule has 0 spiro atoms. The summed E-state index contributed by atoms with van der Waals surface area (Å²) in [5.41, 5.74) is 1.17. The minimum Gasteiger partial charge on any atom is -0.465 e. The number of esters is 1. The summed E-state index contributed by atoms with van der Waals surface area (Å²) in [6, 6.07) is 6.54. The van der Waals surface area contributed by atoms with Gasteiger partial charge < -0.3 is 20.1 Å². The van der Waals surface area contributed by atoms with Crippen LogP contribution in [-0.4, -0.2) is 70.8 Å². The molecular formula is C22H28N6O4S. The van der Waals surface area contributed by atoms with Crippen LogP contribution in [0.15, 0.2) is 35.6 Å². The quantitative estimate of drug-likeness (QED) is 0.177. The van der Waals surface area contributed by atoms with Crippen molar-refractivity contribution in [1.29, 1.82) is 0 Å². The molecule has 0 aliphatic carbocycles. The first-order valence-electron chi connectivity index (χ1n) is 10.7. The van der Waals surface area contributed by atoms with Crippen molar-refractivity contribution in [2.45, 2.75) is 25.5 Å². The van der Waals surface area contributed by atoms with Crippen molar-refractivity contribution in [3.05, 3.63) is 41.6 Å². The lowest BCUT2D eigenvalue weighted by atomic mass is 10.1. The molecule has 3 aromatic rings. The van der Waals surface area contributed by atoms with Gasteiger partial charge in [0.2, 0.25) is 0 Å². The van der Waals surface area contributed by atoms with E-state index in [1.165, 1.54) is 7.11 Å². The molecule has 0 bridgehead atoms. The number of aromatic nitrogens is 4. The molecule has 0 fully saturated rings. The molecule has 0 saturated carbocycles. The van der Waals surface area contributed by atoms with Crippen LogP contribution in [0.25, 0.3) is 11.0 Å². The number of fused-ring (bicyclic) bond motifs is 1. The Labute approximate surface area is 196 Å². The first-order valence-corrected chi connectivity index (χ1v) is 11.7. The number of methoxy groups -OCH3 is 1. The third kappa shape index (κ3) is 6.20. The molecule has 1 amide bonds. The maximum absolute atomic E-state index is 12.6. The third-order valence-corrected chi connectivity index (χ3v) is 5.41. The molecule has 0 saturated heterocycles. The standard InChI is InChI=1S/C22H28N6O4S/c1-4-32-13-11-23-18-17-14-25-28(19(17)27-22(26-18)33-5-2)12-10-24-20(29)15-8-6-7-9-16(15)21(30)31-3/h6-9,14H,4-5,10-13H2,1-3H3,(H,24,29)(H,23,26,27). The van der Waals surface area contributed by atoms with Crippen molar-refractivity contribution in [3.63, 3.8) is 0 Å². The topological polar surface area (TPSA) is 120 Å². The molecule has 0 atom stereocenters. The van der Waals surface area contributed by atoms with Crippen molar-refractivity contribution >= 4 is 40.5 Å². The van der Waals surface area contributed by atoms with E-state index in [0.29, 0.717) is 49.5 Å². The number of anilines is 1. The molecule has 10 nitrogen and oxygen atoms in total. The Morgan fingerprint density at radius 1 is 1.12 bits per heavy atom. The van der Waals surface area contributed by atoms with Gasteiger partial charge in [-0.3, -0.25) is 4.79 Å². The Hall–Kier alpha value is -3.18. The number of benzene rings is 1. The van der Waals surface area contributed by atoms with Gasteiger partial charge in [-0.25, -0.2) is 19.4 Å². The second-order valence-corrected chi connectivity index (χ2v) is 8.04. The minimum absolute atomic E-state index is 0.221. The Morgan fingerprint density at radius 3 is 2.64 bits per heavy atom. The number of nitrogens with one attached hydrogen (secondary N) is 2. The number of carbonyl (C=O) groups excluding carboxylic acids is 2. The molecule has 2 aromatic heterocycles. The summed E-state index contributed by atoms with van der Waals surface area (Å²) in [6.45, 7) is 6.56. The van der Waals surface area contributed by atoms with Gasteiger partial charge in [0, 0.05) is 19.7 Å². The Morgan fingerprint density at radius 2 is 1.91 bits per heavy atom. The largest absolute Gasteiger partial charge is 0.465 e. The predicted molar refractivity (Wildman–Crippen MR) is 127 cm³/mol. The Balaban J connectivity index is 1.72. The summed E-state index contributed by atoms with van der Waals surface area (Å²) in [5, 5.41) is 12.0. The van der Waals surface area contributed by atoms with Gasteiger partial charge in [-0.15, -0.1) is 0 Å². The fraction of sp³-hybridized carbons (Fsp3) is 0.409. The van der Waals surface area contributed by atoms with E-state index in [0.717, 1.165) is 11.1 Å². The van der Waals surface area contributed by atoms with Crippen LogP contribution in [0.1, 0.15) is 34.6 Å². The number of nitrogens with zero attached hydrogens (tertiary/aromatic N) is 4. The molecule has 2 N–H and O–H groups in total. The van der Waals surface area contributed by atoms with Gasteiger partial charge in [0.05, 0.1) is 43.0 Å². The lowest BCUT2D eigenvalue weighted by Crippen LogP contribution is -2.29. The van der Waals surface area contributed by atoms with Crippen LogP contribution in [0.5, 0.6) is 0 Å². The van der Waals surface area contributed by atoms with Gasteiger partial charge in [-0.05, 0) is 24.8 Å². The number of hydrogen-bond acceptors (Lipinski definition) is 9. The van der Waals surface area contributed by atoms with Gasteiger partial charge in [0.15, 0.2) is 10.8 Å². The number of carbonyl (C=O) groups is 2. The highest BCUT2D eigenvalue weighted by molar-refractivity contribution is 7.99. The van der Waals surface area contributed by atoms with Crippen LogP contribution < -0.4 is 10.6 Å². The highest BCUT2D eigenvalue weighted by Crippen LogP contribution is 2.24. The fourth-order valence-corrected chi connectivity index (χ4v) is 3.72. The second-order valence-electron chi connectivity index (χ2n) is 6.81. The van der Waals surface area contributed by atoms with Crippen LogP contribution in [-0.2, 0) is 16.0 Å². The van der Waals surface area contributed by atoms with Crippen molar-refractivity contribution in [2.24, 2.45) is 0 Å². The van der Waals surface area contributed by atoms with Crippen molar-refractivity contribution < 1.29 is 19.1 Å². The van der Waals surface area contributed by atoms with Crippen LogP contribution in [0, 0.1) is 0 Å². The smallest absolute Gasteiger partial charge is 0.338 e. The molecule has 1 aromatic carbocycles. The lowest BCUT2D eigenvalue weighted by molar-refractivity contribution is 0.0596. The molecule has 0 unspecified atom stereocenters. The summed E-state index contributed by atoms with van der Waals surface area (Å²) in [6.07, 6.45) is 1.72. The van der Waals surface area contributed by atoms with Crippen molar-refractivity contribution in [2.75, 3.05) is 44.5 Å². The zero-order valence-corrected chi connectivity index (χ0v) is 19.8. The molecule has 2 heterocycles. The summed E-state index contributed by atoms with van der Waals surface area (Å²) >= 11 is 1.54. The highest BCUT2D eigenvalue weighted by Gasteiger charge is 2.17. The van der Waals surface area contributed by atoms with E-state index in [9.17, 15) is 9.59 Å². The van der Waals surface area contributed by atoms with Gasteiger partial charge in [-0.1, -0.05) is 30.8 Å². The van der Waals surface area contributed by atoms with Crippen LogP contribution in [0.4, 0.5) is 5.82 Å². The lowest BCUT2D eigenvalue weighted by Gasteiger charge is -2.10. The molecule has 0 aliphatic heterocycles. The maximum atomic E-state index is 12.6. The fourth-order valence-electron chi connectivity index (χ4n) is 3.15. The van der Waals surface area contributed by atoms with Crippen LogP contribution in [0.3, 0.4) is 0 Å². The van der Waals surface area contributed by atoms with Crippen LogP contribution in [0.2, 0.25) is 0 Å². The highest BCUT2D eigenvalue weighted by atomic mass is 32.2. The van der Waals surface area contributed by atoms with E-state index in [4.69, 9.17) is 9.47 Å². The molecule has 33 heavy (non-hydrogen) atoms. The molecule has 11 heteroatoms. The summed E-state index contributed by atoms with van der Waals surface area (Å²) < 4.78 is 11.9. The number of rotatable bonds is 12. The molecule has 0 aliphatic rings. The number of thioether (sulfide) groups is 1. The van der Waals surface area contributed by atoms with Crippen LogP contribution >= 0.6 is 11.8 Å². The van der Waals surface area contributed by atoms with E-state index in [1.807, 2.05) is 13.8 Å². The van der Waals surface area contributed by atoms with E-state index in [1.54, 1.807) is 46.9 Å². The predicted octanol–water partition coefficient (Wildman–Crippen LogP) is 2.60. The van der Waals surface area contributed by atoms with Crippen molar-refractivity contribution in [3.8, 4) is 0 Å². The zero-order chi connectivity index (χ0) is 23.6. The monoisotopic (exact) mass is 472 g/mol. The maximum Gasteiger partial charge on any atom is 0.338 e. The molecule has 0 radical (unpaired) electrons. The first-order chi connectivity index (χ1) is 16.1. The third-order valence-electron chi connectivity index (χ3n) is 4.68. The average Bonchev–Trinajstić information content (AvgIpc) is 3.24. The normalized spacial score (nSPS) is 10.9. The number of hydrogen-bond donors (Lipinski definition) is 2. The summed E-state index contributed by atoms with van der Waals surface area (Å²) in [4.78, 5) is 33.8. The average molecular weight is 473 g/mol. The second kappa shape index (κ2) is 12.2. The Kier molecular flexibility index (Phi) is 9.02. The summed E-state index contributed by atoms with van der Waals surface area (Å²) in [7, 11) is 1.28. The molecular weight excluding hydrogens is 444 g/mol. The number of ether oxygens (including phenoxy) is 2. The van der Waals surface area contributed by atoms with E-state index < -0.39 is 5.97 Å². The molecule has 176 valence electrons. The van der Waals surface area contributed by atoms with Gasteiger partial charge in [0.25, 0.3) is 5.91 Å². The number of amides is 1. The van der Waals surface area contributed by atoms with E-state index >= 15 is 0 Å². The molecule has 3 rings (SSSR count). The minimum atomic E-state index is -0.555. The van der Waals surface area contributed by atoms with Crippen molar-refractivity contribution in [1.82, 2.24) is 25.1 Å². The SMILES string of the molecule is CCOCCNc1nc(SCC)nc2c1cnn2CCNC(=O)c1ccccc1C(=O)OC. The zero-order valence-electron chi connectivity index (χ0n) is 19.0. The van der Waals surface area contributed by atoms with Gasteiger partial charge >= 0.3 is 5.97 Å². The van der Waals surface area contributed by atoms with E-state index in [2.05, 4.69) is 25.7 Å². The van der Waals surface area contributed by atoms with E-state index in [-0.39, 0.29) is 17.0 Å². The summed E-state index contributed by atoms with van der Waals surface area (Å²) in [5.74, 6) is 0.634. The van der Waals surface area contributed by atoms with Gasteiger partial charge in [-0.2, -0.15) is 5.10 Å². The Bertz CT molecular complexity index is 1100. The first kappa shape index (κ1) is 24.5.